The minimum absolute atomic E-state index is 0.239. The van der Waals surface area contributed by atoms with E-state index in [9.17, 15) is 4.79 Å². The molecule has 0 atom stereocenters. The molecule has 0 unspecified atom stereocenters. The van der Waals surface area contributed by atoms with Gasteiger partial charge in [-0.15, -0.1) is 0 Å². The van der Waals surface area contributed by atoms with Crippen molar-refractivity contribution in [2.24, 2.45) is 5.84 Å². The molecule has 3 aromatic rings. The van der Waals surface area contributed by atoms with Crippen LogP contribution in [0.25, 0.3) is 10.2 Å². The molecule has 4 N–H and O–H groups in total. The van der Waals surface area contributed by atoms with Crippen molar-refractivity contribution in [2.45, 2.75) is 0 Å². The first-order chi connectivity index (χ1) is 11.6. The quantitative estimate of drug-likeness (QED) is 0.486. The van der Waals surface area contributed by atoms with E-state index in [-0.39, 0.29) is 5.91 Å². The Balaban J connectivity index is 1.92. The number of nitrogens with two attached hydrogens (primary N) is 1. The van der Waals surface area contributed by atoms with Gasteiger partial charge in [0.2, 0.25) is 0 Å². The molecule has 0 fully saturated rings. The van der Waals surface area contributed by atoms with E-state index in [0.29, 0.717) is 33.4 Å². The van der Waals surface area contributed by atoms with Crippen LogP contribution in [0.1, 0.15) is 10.4 Å². The molecule has 1 heterocycles. The Morgan fingerprint density at radius 2 is 2.04 bits per heavy atom. The van der Waals surface area contributed by atoms with Crippen LogP contribution in [0.15, 0.2) is 36.4 Å². The van der Waals surface area contributed by atoms with Gasteiger partial charge in [0.1, 0.15) is 17.0 Å². The number of nitrogens with zero attached hydrogens (tertiary/aromatic N) is 1. The number of hydrogen-bond acceptors (Lipinski definition) is 7. The standard InChI is InChI=1S/C16H16N4O3S/c1-22-11-5-3-4-9(6-11)15(21)18-10-7-12(23-2)14-13(8-10)24-16(19-14)20-17/h3-8H,17H2,1-2H3,(H,18,21)(H,19,20). The predicted molar refractivity (Wildman–Crippen MR) is 94.9 cm³/mol. The number of methoxy groups -OCH3 is 2. The van der Waals surface area contributed by atoms with Crippen molar-refractivity contribution in [2.75, 3.05) is 25.0 Å². The fourth-order valence-electron chi connectivity index (χ4n) is 2.26. The number of nitrogen functional groups attached to an aromatic ring is 1. The molecule has 0 aliphatic rings. The molecule has 0 aliphatic carbocycles. The van der Waals surface area contributed by atoms with Gasteiger partial charge in [0.05, 0.1) is 18.9 Å². The molecule has 3 rings (SSSR count). The average molecular weight is 344 g/mol. The van der Waals surface area contributed by atoms with Crippen molar-refractivity contribution >= 4 is 38.3 Å². The second kappa shape index (κ2) is 6.73. The van der Waals surface area contributed by atoms with E-state index in [0.717, 1.165) is 4.70 Å². The van der Waals surface area contributed by atoms with Crippen LogP contribution in [0.3, 0.4) is 0 Å². The Bertz CT molecular complexity index is 894. The van der Waals surface area contributed by atoms with Crippen LogP contribution >= 0.6 is 11.3 Å². The first kappa shape index (κ1) is 16.0. The Hall–Kier alpha value is -2.84. The summed E-state index contributed by atoms with van der Waals surface area (Å²) in [6, 6.07) is 10.5. The average Bonchev–Trinajstić information content (AvgIpc) is 3.04. The van der Waals surface area contributed by atoms with Gasteiger partial charge in [-0.2, -0.15) is 0 Å². The number of ether oxygens (including phenoxy) is 2. The van der Waals surface area contributed by atoms with E-state index in [1.807, 2.05) is 6.07 Å². The number of fused-ring (bicyclic) bond motifs is 1. The summed E-state index contributed by atoms with van der Waals surface area (Å²) < 4.78 is 11.3. The van der Waals surface area contributed by atoms with Gasteiger partial charge >= 0.3 is 0 Å². The van der Waals surface area contributed by atoms with Crippen molar-refractivity contribution in [3.05, 3.63) is 42.0 Å². The van der Waals surface area contributed by atoms with Gasteiger partial charge in [-0.25, -0.2) is 10.8 Å². The molecule has 0 saturated heterocycles. The van der Waals surface area contributed by atoms with Crippen LogP contribution in [0.4, 0.5) is 10.8 Å². The zero-order valence-electron chi connectivity index (χ0n) is 13.1. The zero-order valence-corrected chi connectivity index (χ0v) is 13.9. The highest BCUT2D eigenvalue weighted by molar-refractivity contribution is 7.22. The maximum Gasteiger partial charge on any atom is 0.255 e. The second-order valence-corrected chi connectivity index (χ2v) is 5.91. The van der Waals surface area contributed by atoms with Crippen molar-refractivity contribution in [1.82, 2.24) is 4.98 Å². The lowest BCUT2D eigenvalue weighted by Crippen LogP contribution is -2.12. The van der Waals surface area contributed by atoms with Crippen molar-refractivity contribution in [3.8, 4) is 11.5 Å². The number of amides is 1. The molecule has 0 radical (unpaired) electrons. The summed E-state index contributed by atoms with van der Waals surface area (Å²) in [5.74, 6) is 6.35. The summed E-state index contributed by atoms with van der Waals surface area (Å²) in [5.41, 5.74) is 4.32. The second-order valence-electron chi connectivity index (χ2n) is 4.87. The monoisotopic (exact) mass is 344 g/mol. The molecule has 0 spiro atoms. The Morgan fingerprint density at radius 3 is 2.75 bits per heavy atom. The fourth-order valence-corrected chi connectivity index (χ4v) is 3.09. The Morgan fingerprint density at radius 1 is 1.21 bits per heavy atom. The third kappa shape index (κ3) is 3.10. The van der Waals surface area contributed by atoms with Crippen molar-refractivity contribution < 1.29 is 14.3 Å². The van der Waals surface area contributed by atoms with Gasteiger partial charge < -0.3 is 14.8 Å². The fraction of sp³-hybridized carbons (Fsp3) is 0.125. The smallest absolute Gasteiger partial charge is 0.255 e. The highest BCUT2D eigenvalue weighted by Crippen LogP contribution is 2.35. The van der Waals surface area contributed by atoms with E-state index < -0.39 is 0 Å². The van der Waals surface area contributed by atoms with Gasteiger partial charge in [-0.05, 0) is 24.3 Å². The summed E-state index contributed by atoms with van der Waals surface area (Å²) in [4.78, 5) is 16.8. The molecular weight excluding hydrogens is 328 g/mol. The first-order valence-corrected chi connectivity index (χ1v) is 7.87. The first-order valence-electron chi connectivity index (χ1n) is 7.05. The van der Waals surface area contributed by atoms with Gasteiger partial charge in [0, 0.05) is 17.3 Å². The molecule has 2 aromatic carbocycles. The summed E-state index contributed by atoms with van der Waals surface area (Å²) >= 11 is 1.37. The number of hydrazine groups is 1. The van der Waals surface area contributed by atoms with Crippen molar-refractivity contribution in [1.29, 1.82) is 0 Å². The predicted octanol–water partition coefficient (Wildman–Crippen LogP) is 2.85. The minimum Gasteiger partial charge on any atom is -0.497 e. The number of aromatic nitrogens is 1. The SMILES string of the molecule is COc1cccc(C(=O)Nc2cc(OC)c3nc(NN)sc3c2)c1. The third-order valence-corrected chi connectivity index (χ3v) is 4.33. The maximum absolute atomic E-state index is 12.4. The van der Waals surface area contributed by atoms with Crippen LogP contribution < -0.4 is 26.1 Å². The molecule has 0 bridgehead atoms. The Labute approximate surface area is 142 Å². The normalized spacial score (nSPS) is 10.5. The molecule has 24 heavy (non-hydrogen) atoms. The number of thiazole rings is 1. The van der Waals surface area contributed by atoms with Crippen LogP contribution in [0.2, 0.25) is 0 Å². The third-order valence-electron chi connectivity index (χ3n) is 3.39. The molecule has 7 nitrogen and oxygen atoms in total. The van der Waals surface area contributed by atoms with E-state index in [4.69, 9.17) is 15.3 Å². The topological polar surface area (TPSA) is 98.5 Å². The lowest BCUT2D eigenvalue weighted by Gasteiger charge is -2.09. The van der Waals surface area contributed by atoms with Gasteiger partial charge in [-0.3, -0.25) is 10.2 Å². The van der Waals surface area contributed by atoms with Crippen LogP contribution in [0.5, 0.6) is 11.5 Å². The molecule has 1 aromatic heterocycles. The number of hydrogen-bond donors (Lipinski definition) is 3. The Kier molecular flexibility index (Phi) is 4.50. The summed E-state index contributed by atoms with van der Waals surface area (Å²) in [6.45, 7) is 0. The highest BCUT2D eigenvalue weighted by Gasteiger charge is 2.13. The number of rotatable bonds is 5. The van der Waals surface area contributed by atoms with E-state index >= 15 is 0 Å². The highest BCUT2D eigenvalue weighted by atomic mass is 32.1. The van der Waals surface area contributed by atoms with Gasteiger partial charge in [0.15, 0.2) is 5.13 Å². The van der Waals surface area contributed by atoms with Gasteiger partial charge in [-0.1, -0.05) is 17.4 Å². The van der Waals surface area contributed by atoms with E-state index in [1.54, 1.807) is 44.6 Å². The minimum atomic E-state index is -0.239. The summed E-state index contributed by atoms with van der Waals surface area (Å²) in [7, 11) is 3.11. The summed E-state index contributed by atoms with van der Waals surface area (Å²) in [5, 5.41) is 3.43. The number of nitrogens with one attached hydrogen (secondary N) is 2. The summed E-state index contributed by atoms with van der Waals surface area (Å²) in [6.07, 6.45) is 0. The number of carbonyl (C=O) groups excluding carboxylic acids is 1. The largest absolute Gasteiger partial charge is 0.497 e. The van der Waals surface area contributed by atoms with Crippen LogP contribution in [-0.2, 0) is 0 Å². The molecule has 1 amide bonds. The van der Waals surface area contributed by atoms with Crippen molar-refractivity contribution in [3.63, 3.8) is 0 Å². The maximum atomic E-state index is 12.4. The van der Waals surface area contributed by atoms with Crippen LogP contribution in [-0.4, -0.2) is 25.1 Å². The molecule has 124 valence electrons. The van der Waals surface area contributed by atoms with E-state index in [1.165, 1.54) is 11.3 Å². The molecule has 0 aliphatic heterocycles. The van der Waals surface area contributed by atoms with E-state index in [2.05, 4.69) is 15.7 Å². The lowest BCUT2D eigenvalue weighted by molar-refractivity contribution is 0.102. The number of carbonyl (C=O) groups is 1. The molecular formula is C16H16N4O3S. The number of anilines is 2. The lowest BCUT2D eigenvalue weighted by atomic mass is 10.2. The van der Waals surface area contributed by atoms with Crippen LogP contribution in [0, 0.1) is 0 Å². The zero-order chi connectivity index (χ0) is 17.1. The number of benzene rings is 2. The molecule has 0 saturated carbocycles. The molecule has 8 heteroatoms. The van der Waals surface area contributed by atoms with Gasteiger partial charge in [0.25, 0.3) is 5.91 Å².